The smallest absolute Gasteiger partial charge is 0.244 e. The topological polar surface area (TPSA) is 42.3 Å². The third kappa shape index (κ3) is 2.83. The Kier molecular flexibility index (Phi) is 4.28. The summed E-state index contributed by atoms with van der Waals surface area (Å²) < 4.78 is 28.8. The molecule has 6 heteroatoms. The van der Waals surface area contributed by atoms with E-state index < -0.39 is 10.0 Å². The van der Waals surface area contributed by atoms with Crippen molar-refractivity contribution in [3.8, 4) is 0 Å². The molecule has 0 spiro atoms. The van der Waals surface area contributed by atoms with E-state index in [2.05, 4.69) is 0 Å². The molecular weight excluding hydrogens is 284 g/mol. The Labute approximate surface area is 120 Å². The zero-order chi connectivity index (χ0) is 14.2. The SMILES string of the molecule is CCN(C1CC1)S(=O)(=O)c1cc(CCl)n(C(C)C)c1. The predicted octanol–water partition coefficient (Wildman–Crippen LogP) is 2.98. The van der Waals surface area contributed by atoms with Crippen LogP contribution in [0.2, 0.25) is 0 Å². The molecule has 0 unspecified atom stereocenters. The Morgan fingerprint density at radius 2 is 2.11 bits per heavy atom. The first-order valence-corrected chi connectivity index (χ1v) is 8.67. The van der Waals surface area contributed by atoms with Crippen LogP contribution in [-0.4, -0.2) is 29.9 Å². The summed E-state index contributed by atoms with van der Waals surface area (Å²) in [6.07, 6.45) is 3.66. The van der Waals surface area contributed by atoms with Crippen molar-refractivity contribution in [1.29, 1.82) is 0 Å². The Morgan fingerprint density at radius 1 is 1.47 bits per heavy atom. The van der Waals surface area contributed by atoms with Gasteiger partial charge >= 0.3 is 0 Å². The van der Waals surface area contributed by atoms with Crippen molar-refractivity contribution in [3.63, 3.8) is 0 Å². The predicted molar refractivity (Wildman–Crippen MR) is 77.0 cm³/mol. The number of aromatic nitrogens is 1. The average Bonchev–Trinajstić information content (AvgIpc) is 3.06. The van der Waals surface area contributed by atoms with Gasteiger partial charge in [-0.2, -0.15) is 4.31 Å². The first-order valence-electron chi connectivity index (χ1n) is 6.70. The van der Waals surface area contributed by atoms with Gasteiger partial charge < -0.3 is 4.57 Å². The van der Waals surface area contributed by atoms with Crippen LogP contribution < -0.4 is 0 Å². The number of alkyl halides is 1. The molecule has 108 valence electrons. The molecule has 0 saturated heterocycles. The van der Waals surface area contributed by atoms with E-state index in [9.17, 15) is 8.42 Å². The lowest BCUT2D eigenvalue weighted by atomic mass is 10.4. The summed E-state index contributed by atoms with van der Waals surface area (Å²) in [5.74, 6) is 0.323. The van der Waals surface area contributed by atoms with Crippen LogP contribution in [0, 0.1) is 0 Å². The maximum absolute atomic E-state index is 12.6. The number of sulfonamides is 1. The second kappa shape index (κ2) is 5.46. The molecule has 1 aliphatic carbocycles. The van der Waals surface area contributed by atoms with E-state index in [1.165, 1.54) is 0 Å². The minimum atomic E-state index is -3.38. The zero-order valence-electron chi connectivity index (χ0n) is 11.6. The number of hydrogen-bond acceptors (Lipinski definition) is 2. The Bertz CT molecular complexity index is 547. The van der Waals surface area contributed by atoms with Gasteiger partial charge in [0.15, 0.2) is 0 Å². The summed E-state index contributed by atoms with van der Waals surface area (Å²) in [6, 6.07) is 2.10. The van der Waals surface area contributed by atoms with Crippen molar-refractivity contribution in [3.05, 3.63) is 18.0 Å². The van der Waals surface area contributed by atoms with Crippen LogP contribution in [0.15, 0.2) is 17.2 Å². The number of nitrogens with zero attached hydrogens (tertiary/aromatic N) is 2. The van der Waals surface area contributed by atoms with Crippen molar-refractivity contribution in [2.24, 2.45) is 0 Å². The Hall–Kier alpha value is -0.520. The van der Waals surface area contributed by atoms with Gasteiger partial charge in [-0.05, 0) is 32.8 Å². The lowest BCUT2D eigenvalue weighted by molar-refractivity contribution is 0.420. The standard InChI is InChI=1S/C13H21ClN2O2S/c1-4-16(11-5-6-11)19(17,18)13-7-12(8-14)15(9-13)10(2)3/h7,9-11H,4-6,8H2,1-3H3. The van der Waals surface area contributed by atoms with E-state index in [1.54, 1.807) is 16.6 Å². The molecule has 1 aromatic heterocycles. The van der Waals surface area contributed by atoms with Gasteiger partial charge in [0.2, 0.25) is 10.0 Å². The summed E-state index contributed by atoms with van der Waals surface area (Å²) >= 11 is 5.90. The molecule has 1 aromatic rings. The average molecular weight is 305 g/mol. The van der Waals surface area contributed by atoms with Crippen LogP contribution in [0.3, 0.4) is 0 Å². The second-order valence-electron chi connectivity index (χ2n) is 5.24. The molecule has 0 aliphatic heterocycles. The van der Waals surface area contributed by atoms with Gasteiger partial charge in [0.1, 0.15) is 4.90 Å². The minimum Gasteiger partial charge on any atom is -0.346 e. The fraction of sp³-hybridized carbons (Fsp3) is 0.692. The lowest BCUT2D eigenvalue weighted by Crippen LogP contribution is -2.32. The van der Waals surface area contributed by atoms with Gasteiger partial charge in [-0.15, -0.1) is 11.6 Å². The maximum Gasteiger partial charge on any atom is 0.244 e. The quantitative estimate of drug-likeness (QED) is 0.758. The molecular formula is C13H21ClN2O2S. The van der Waals surface area contributed by atoms with E-state index in [-0.39, 0.29) is 12.1 Å². The molecule has 2 rings (SSSR count). The molecule has 4 nitrogen and oxygen atoms in total. The van der Waals surface area contributed by atoms with Crippen molar-refractivity contribution in [2.45, 2.75) is 56.5 Å². The van der Waals surface area contributed by atoms with Crippen LogP contribution in [0.5, 0.6) is 0 Å². The van der Waals surface area contributed by atoms with Crippen LogP contribution in [0.4, 0.5) is 0 Å². The summed E-state index contributed by atoms with van der Waals surface area (Å²) in [5.41, 5.74) is 0.849. The normalized spacial score (nSPS) is 16.5. The molecule has 0 N–H and O–H groups in total. The minimum absolute atomic E-state index is 0.192. The molecule has 1 saturated carbocycles. The van der Waals surface area contributed by atoms with Gasteiger partial charge in [-0.25, -0.2) is 8.42 Å². The van der Waals surface area contributed by atoms with Crippen LogP contribution in [0.25, 0.3) is 0 Å². The fourth-order valence-corrected chi connectivity index (χ4v) is 4.31. The molecule has 0 bridgehead atoms. The van der Waals surface area contributed by atoms with Gasteiger partial charge in [0, 0.05) is 30.5 Å². The van der Waals surface area contributed by atoms with E-state index in [0.29, 0.717) is 17.3 Å². The van der Waals surface area contributed by atoms with Gasteiger partial charge in [-0.3, -0.25) is 0 Å². The summed E-state index contributed by atoms with van der Waals surface area (Å²) in [7, 11) is -3.38. The fourth-order valence-electron chi connectivity index (χ4n) is 2.35. The number of rotatable bonds is 6. The molecule has 1 aliphatic rings. The van der Waals surface area contributed by atoms with Gasteiger partial charge in [-0.1, -0.05) is 6.92 Å². The molecule has 0 amide bonds. The van der Waals surface area contributed by atoms with Crippen molar-refractivity contribution in [2.75, 3.05) is 6.54 Å². The highest BCUT2D eigenvalue weighted by atomic mass is 35.5. The molecule has 1 fully saturated rings. The van der Waals surface area contributed by atoms with Gasteiger partial charge in [0.25, 0.3) is 0 Å². The maximum atomic E-state index is 12.6. The van der Waals surface area contributed by atoms with Crippen molar-refractivity contribution >= 4 is 21.6 Å². The Balaban J connectivity index is 2.40. The third-order valence-electron chi connectivity index (χ3n) is 3.47. The summed E-state index contributed by atoms with van der Waals surface area (Å²) in [4.78, 5) is 0.366. The molecule has 0 aromatic carbocycles. The van der Waals surface area contributed by atoms with E-state index in [4.69, 9.17) is 11.6 Å². The summed E-state index contributed by atoms with van der Waals surface area (Å²) in [6.45, 7) is 6.45. The van der Waals surface area contributed by atoms with E-state index in [1.807, 2.05) is 25.3 Å². The van der Waals surface area contributed by atoms with E-state index >= 15 is 0 Å². The molecule has 19 heavy (non-hydrogen) atoms. The second-order valence-corrected chi connectivity index (χ2v) is 7.40. The summed E-state index contributed by atoms with van der Waals surface area (Å²) in [5, 5.41) is 0. The number of halogens is 1. The Morgan fingerprint density at radius 3 is 2.47 bits per heavy atom. The highest BCUT2D eigenvalue weighted by Gasteiger charge is 2.37. The monoisotopic (exact) mass is 304 g/mol. The van der Waals surface area contributed by atoms with Crippen LogP contribution in [-0.2, 0) is 15.9 Å². The first kappa shape index (κ1) is 14.9. The molecule has 1 heterocycles. The highest BCUT2D eigenvalue weighted by Crippen LogP contribution is 2.32. The largest absolute Gasteiger partial charge is 0.346 e. The first-order chi connectivity index (χ1) is 8.91. The number of hydrogen-bond donors (Lipinski definition) is 0. The molecule has 0 atom stereocenters. The zero-order valence-corrected chi connectivity index (χ0v) is 13.2. The van der Waals surface area contributed by atoms with Crippen LogP contribution >= 0.6 is 11.6 Å². The van der Waals surface area contributed by atoms with Crippen molar-refractivity contribution in [1.82, 2.24) is 8.87 Å². The van der Waals surface area contributed by atoms with Gasteiger partial charge in [0.05, 0.1) is 5.88 Å². The van der Waals surface area contributed by atoms with Crippen LogP contribution in [0.1, 0.15) is 45.3 Å². The highest BCUT2D eigenvalue weighted by molar-refractivity contribution is 7.89. The van der Waals surface area contributed by atoms with Crippen molar-refractivity contribution < 1.29 is 8.42 Å². The molecule has 0 radical (unpaired) electrons. The lowest BCUT2D eigenvalue weighted by Gasteiger charge is -2.19. The third-order valence-corrected chi connectivity index (χ3v) is 5.74. The van der Waals surface area contributed by atoms with E-state index in [0.717, 1.165) is 18.5 Å².